The highest BCUT2D eigenvalue weighted by molar-refractivity contribution is 5.82. The zero-order valence-corrected chi connectivity index (χ0v) is 23.5. The maximum Gasteiger partial charge on any atom is 0.338 e. The first-order chi connectivity index (χ1) is 18.9. The normalized spacial score (nSPS) is 57.2. The van der Waals surface area contributed by atoms with Crippen LogP contribution in [0.1, 0.15) is 53.4 Å². The van der Waals surface area contributed by atoms with Crippen LogP contribution in [0.3, 0.4) is 0 Å². The van der Waals surface area contributed by atoms with Gasteiger partial charge in [0.1, 0.15) is 36.1 Å². The third-order valence-corrected chi connectivity index (χ3v) is 11.8. The molecular formula is C30H40O10. The maximum atomic E-state index is 13.4. The lowest BCUT2D eigenvalue weighted by atomic mass is 9.50. The van der Waals surface area contributed by atoms with Crippen molar-refractivity contribution in [3.63, 3.8) is 0 Å². The third-order valence-electron chi connectivity index (χ3n) is 11.8. The first-order valence-electron chi connectivity index (χ1n) is 14.6. The largest absolute Gasteiger partial charge is 0.463 e. The van der Waals surface area contributed by atoms with Gasteiger partial charge in [0.05, 0.1) is 31.5 Å². The Hall–Kier alpha value is -1.82. The summed E-state index contributed by atoms with van der Waals surface area (Å²) < 4.78 is 36.7. The van der Waals surface area contributed by atoms with Crippen LogP contribution in [0.5, 0.6) is 0 Å². The quantitative estimate of drug-likeness (QED) is 0.359. The fraction of sp³-hybridized carbons (Fsp3) is 0.800. The Labute approximate surface area is 233 Å². The molecule has 10 heteroatoms. The molecule has 13 atom stereocenters. The molecule has 3 aliphatic carbocycles. The van der Waals surface area contributed by atoms with Crippen molar-refractivity contribution in [1.29, 1.82) is 0 Å². The summed E-state index contributed by atoms with van der Waals surface area (Å²) in [7, 11) is 0. The minimum atomic E-state index is -1.15. The number of carbonyl (C=O) groups is 2. The van der Waals surface area contributed by atoms with Crippen molar-refractivity contribution in [1.82, 2.24) is 0 Å². The monoisotopic (exact) mass is 560 g/mol. The minimum absolute atomic E-state index is 0.0939. The molecule has 0 aromatic rings. The Morgan fingerprint density at radius 2 is 1.85 bits per heavy atom. The summed E-state index contributed by atoms with van der Waals surface area (Å²) in [6.45, 7) is 8.11. The molecule has 0 radical (unpaired) electrons. The maximum absolute atomic E-state index is 13.4. The van der Waals surface area contributed by atoms with Crippen LogP contribution in [-0.4, -0.2) is 95.9 Å². The summed E-state index contributed by atoms with van der Waals surface area (Å²) in [5.41, 5.74) is -2.76. The van der Waals surface area contributed by atoms with Crippen molar-refractivity contribution in [2.24, 2.45) is 22.2 Å². The Bertz CT molecular complexity index is 1160. The van der Waals surface area contributed by atoms with E-state index in [1.165, 1.54) is 6.08 Å². The molecular weight excluding hydrogens is 520 g/mol. The van der Waals surface area contributed by atoms with Crippen LogP contribution in [0.15, 0.2) is 24.3 Å². The molecule has 4 heterocycles. The van der Waals surface area contributed by atoms with Crippen molar-refractivity contribution in [2.45, 2.75) is 107 Å². The molecule has 40 heavy (non-hydrogen) atoms. The second-order valence-corrected chi connectivity index (χ2v) is 13.8. The summed E-state index contributed by atoms with van der Waals surface area (Å²) in [6.07, 6.45) is 4.96. The van der Waals surface area contributed by atoms with E-state index in [-0.39, 0.29) is 30.8 Å². The highest BCUT2D eigenvalue weighted by atomic mass is 16.7. The number of aliphatic hydroxyl groups excluding tert-OH is 2. The van der Waals surface area contributed by atoms with Gasteiger partial charge < -0.3 is 38.6 Å². The summed E-state index contributed by atoms with van der Waals surface area (Å²) in [6, 6.07) is 0. The molecule has 0 aromatic heterocycles. The summed E-state index contributed by atoms with van der Waals surface area (Å²) in [5.74, 6) is -0.681. The van der Waals surface area contributed by atoms with Crippen LogP contribution < -0.4 is 0 Å². The third kappa shape index (κ3) is 3.56. The molecule has 4 aliphatic heterocycles. The Morgan fingerprint density at radius 3 is 2.58 bits per heavy atom. The number of carbonyl (C=O) groups excluding carboxylic acids is 2. The lowest BCUT2D eigenvalue weighted by molar-refractivity contribution is -0.259. The van der Waals surface area contributed by atoms with Crippen molar-refractivity contribution in [3.8, 4) is 0 Å². The number of epoxide rings is 2. The second kappa shape index (κ2) is 8.61. The highest BCUT2D eigenvalue weighted by Crippen LogP contribution is 2.78. The summed E-state index contributed by atoms with van der Waals surface area (Å²) >= 11 is 0. The predicted octanol–water partition coefficient (Wildman–Crippen LogP) is 1.60. The van der Waals surface area contributed by atoms with Crippen molar-refractivity contribution >= 4 is 11.9 Å². The molecule has 0 unspecified atom stereocenters. The molecule has 3 saturated carbocycles. The fourth-order valence-corrected chi connectivity index (χ4v) is 8.61. The van der Waals surface area contributed by atoms with Crippen LogP contribution in [0.2, 0.25) is 0 Å². The lowest BCUT2D eigenvalue weighted by Crippen LogP contribution is -2.68. The fourth-order valence-electron chi connectivity index (χ4n) is 8.61. The van der Waals surface area contributed by atoms with Gasteiger partial charge in [0, 0.05) is 23.3 Å². The van der Waals surface area contributed by atoms with Crippen LogP contribution in [-0.2, 0) is 38.0 Å². The number of esters is 2. The molecule has 0 aromatic carbocycles. The van der Waals surface area contributed by atoms with E-state index in [1.807, 2.05) is 0 Å². The van der Waals surface area contributed by atoms with Gasteiger partial charge in [-0.2, -0.15) is 0 Å². The molecule has 2 spiro atoms. The van der Waals surface area contributed by atoms with Gasteiger partial charge in [-0.05, 0) is 44.4 Å². The smallest absolute Gasteiger partial charge is 0.338 e. The molecule has 3 saturated heterocycles. The average molecular weight is 561 g/mol. The van der Waals surface area contributed by atoms with Crippen molar-refractivity contribution in [3.05, 3.63) is 24.3 Å². The number of fused-ring (bicyclic) bond motifs is 3. The van der Waals surface area contributed by atoms with Gasteiger partial charge in [-0.1, -0.05) is 32.1 Å². The van der Waals surface area contributed by atoms with E-state index in [0.717, 1.165) is 19.3 Å². The van der Waals surface area contributed by atoms with Crippen LogP contribution in [0, 0.1) is 22.2 Å². The summed E-state index contributed by atoms with van der Waals surface area (Å²) in [4.78, 5) is 26.4. The zero-order chi connectivity index (χ0) is 28.3. The molecule has 6 fully saturated rings. The molecule has 2 bridgehead atoms. The minimum Gasteiger partial charge on any atom is -0.463 e. The van der Waals surface area contributed by atoms with E-state index in [1.54, 1.807) is 32.1 Å². The molecule has 7 aliphatic rings. The van der Waals surface area contributed by atoms with E-state index in [4.69, 9.17) is 28.4 Å². The van der Waals surface area contributed by atoms with Crippen molar-refractivity contribution < 1.29 is 48.2 Å². The van der Waals surface area contributed by atoms with Crippen molar-refractivity contribution in [2.75, 3.05) is 19.8 Å². The van der Waals surface area contributed by atoms with Gasteiger partial charge in [0.25, 0.3) is 0 Å². The van der Waals surface area contributed by atoms with E-state index in [2.05, 4.69) is 13.8 Å². The van der Waals surface area contributed by atoms with E-state index in [0.29, 0.717) is 18.9 Å². The predicted molar refractivity (Wildman–Crippen MR) is 138 cm³/mol. The lowest BCUT2D eigenvalue weighted by Gasteiger charge is -2.59. The molecule has 220 valence electrons. The second-order valence-electron chi connectivity index (χ2n) is 13.8. The first-order valence-corrected chi connectivity index (χ1v) is 14.6. The number of allylic oxidation sites excluding steroid dienone is 2. The van der Waals surface area contributed by atoms with Crippen LogP contribution in [0.25, 0.3) is 0 Å². The Morgan fingerprint density at radius 1 is 1.07 bits per heavy atom. The number of aliphatic hydroxyl groups is 2. The first kappa shape index (κ1) is 27.0. The van der Waals surface area contributed by atoms with Gasteiger partial charge in [0.2, 0.25) is 0 Å². The average Bonchev–Trinajstić information content (AvgIpc) is 3.81. The van der Waals surface area contributed by atoms with Gasteiger partial charge in [-0.3, -0.25) is 0 Å². The topological polar surface area (TPSA) is 137 Å². The number of cyclic esters (lactones) is 1. The Balaban J connectivity index is 1.25. The van der Waals surface area contributed by atoms with Crippen LogP contribution >= 0.6 is 0 Å². The van der Waals surface area contributed by atoms with Gasteiger partial charge >= 0.3 is 11.9 Å². The van der Waals surface area contributed by atoms with E-state index in [9.17, 15) is 19.8 Å². The molecule has 10 nitrogen and oxygen atoms in total. The molecule has 0 amide bonds. The number of rotatable bonds is 1. The number of hydrogen-bond acceptors (Lipinski definition) is 10. The highest BCUT2D eigenvalue weighted by Gasteiger charge is 2.86. The van der Waals surface area contributed by atoms with Crippen LogP contribution in [0.4, 0.5) is 0 Å². The molecule has 7 rings (SSSR count). The SMILES string of the molecule is C[C@H](O)[C@H]1/C=C/C=C\C(=O)O[C@@H]2C[C@H]3O[C@@H]4[C@H]5C[C@@]5(C)CC[C@]4(COC(=O)[C@H]4O[C@]4(C)[C@@H](O)CO1)[C@]2(C)[C@]31CO1. The summed E-state index contributed by atoms with van der Waals surface area (Å²) in [5, 5.41) is 21.0. The van der Waals surface area contributed by atoms with E-state index >= 15 is 0 Å². The van der Waals surface area contributed by atoms with Gasteiger partial charge in [0.15, 0.2) is 6.10 Å². The molecule has 2 N–H and O–H groups in total. The van der Waals surface area contributed by atoms with Gasteiger partial charge in [-0.15, -0.1) is 0 Å². The number of hydrogen-bond donors (Lipinski definition) is 2. The van der Waals surface area contributed by atoms with E-state index < -0.39 is 64.5 Å². The standard InChI is InChI=1S/C30H40O10/c1-16(31)18-7-5-6-8-22(33)38-20-11-21-30(15-37-30)28(20,4)29(10-9-26(2)12-17(26)23(29)39-21)14-36-25(34)24-27(3,40-24)19(32)13-35-18/h5-8,16-21,23-24,31-32H,9-15H2,1-4H3/b7-5+,8-6-/t16-,17+,18+,19-,20+,21+,23+,24+,26+,27+,28+,29+,30-/m0/s1. The van der Waals surface area contributed by atoms with Gasteiger partial charge in [-0.25, -0.2) is 9.59 Å². The zero-order valence-electron chi connectivity index (χ0n) is 23.5. The Kier molecular flexibility index (Phi) is 5.82. The number of ether oxygens (including phenoxy) is 6.